The van der Waals surface area contributed by atoms with Crippen LogP contribution in [0.15, 0.2) is 68.4 Å². The molecule has 6 rings (SSSR count). The Morgan fingerprint density at radius 2 is 1.07 bits per heavy atom. The van der Waals surface area contributed by atoms with Crippen molar-refractivity contribution in [1.82, 2.24) is 44.9 Å². The number of furan rings is 3. The van der Waals surface area contributed by atoms with Crippen molar-refractivity contribution in [3.05, 3.63) is 89.4 Å². The summed E-state index contributed by atoms with van der Waals surface area (Å²) in [6, 6.07) is 13.4. The number of aromatic nitrogens is 9. The first-order valence-corrected chi connectivity index (χ1v) is 16.5. The molecule has 286 valence electrons. The largest absolute Gasteiger partial charge is 1.00 e. The van der Waals surface area contributed by atoms with E-state index in [0.717, 1.165) is 17.3 Å². The summed E-state index contributed by atoms with van der Waals surface area (Å²) >= 11 is 5.74. The van der Waals surface area contributed by atoms with E-state index in [0.29, 0.717) is 57.2 Å². The average molecular weight is 787 g/mol. The topological polar surface area (TPSA) is 269 Å². The Kier molecular flexibility index (Phi) is 21.2. The molecular weight excluding hydrogens is 746 g/mol. The Bertz CT molecular complexity index is 1980. The molecule has 0 saturated carbocycles. The van der Waals surface area contributed by atoms with Crippen molar-refractivity contribution in [3.63, 3.8) is 0 Å². The zero-order valence-corrected chi connectivity index (χ0v) is 30.8. The first-order chi connectivity index (χ1) is 25.9. The third kappa shape index (κ3) is 16.6. The molecule has 0 spiro atoms. The fraction of sp³-hybridized carbons (Fsp3) is 0.312. The molecule has 0 atom stereocenters. The van der Waals surface area contributed by atoms with E-state index in [4.69, 9.17) is 50.1 Å². The Morgan fingerprint density at radius 3 is 1.47 bits per heavy atom. The van der Waals surface area contributed by atoms with Crippen LogP contribution in [0.2, 0.25) is 5.28 Å². The van der Waals surface area contributed by atoms with E-state index >= 15 is 0 Å². The van der Waals surface area contributed by atoms with Gasteiger partial charge in [0.25, 0.3) is 0 Å². The number of nitrogens with zero attached hydrogens (tertiary/aromatic N) is 10. The maximum Gasteiger partial charge on any atom is 1.00 e. The van der Waals surface area contributed by atoms with Crippen LogP contribution in [0.25, 0.3) is 0 Å². The van der Waals surface area contributed by atoms with Gasteiger partial charge >= 0.3 is 36.9 Å². The van der Waals surface area contributed by atoms with Crippen molar-refractivity contribution < 1.29 is 47.7 Å². The molecule has 6 heterocycles. The van der Waals surface area contributed by atoms with E-state index in [2.05, 4.69) is 60.8 Å². The fourth-order valence-corrected chi connectivity index (χ4v) is 3.94. The molecule has 0 aliphatic rings. The minimum Gasteiger partial charge on any atom is -1.00 e. The summed E-state index contributed by atoms with van der Waals surface area (Å²) in [4.78, 5) is 35.9. The predicted octanol–water partition coefficient (Wildman–Crippen LogP) is 0.343. The van der Waals surface area contributed by atoms with Gasteiger partial charge in [0.2, 0.25) is 29.0 Å². The second-order valence-corrected chi connectivity index (χ2v) is 10.1. The molecule has 0 bridgehead atoms. The van der Waals surface area contributed by atoms with E-state index in [1.165, 1.54) is 0 Å². The monoisotopic (exact) mass is 786 g/mol. The number of hydrogen-bond acceptors (Lipinski definition) is 20. The SMILES string of the molecule is CCOc1nc(C#N)nc(NCc2ccco2)n1.CCOc1nc(CN)nc(NCc2ccco2)n1.CCOc1nc(Cl)nc(NCc2ccco2)n1.[AlH3].[H-].[Li+]. The third-order valence-electron chi connectivity index (χ3n) is 5.97. The van der Waals surface area contributed by atoms with Crippen molar-refractivity contribution in [1.29, 1.82) is 5.26 Å². The van der Waals surface area contributed by atoms with Gasteiger partial charge in [-0.05, 0) is 68.8 Å². The van der Waals surface area contributed by atoms with Gasteiger partial charge in [-0.3, -0.25) is 0 Å². The van der Waals surface area contributed by atoms with E-state index in [-0.39, 0.29) is 79.3 Å². The number of nitrogens with one attached hydrogen (secondary N) is 3. The average Bonchev–Trinajstić information content (AvgIpc) is 3.98. The second kappa shape index (κ2) is 25.5. The van der Waals surface area contributed by atoms with E-state index in [1.807, 2.05) is 57.2 Å². The normalized spacial score (nSPS) is 9.75. The van der Waals surface area contributed by atoms with E-state index in [9.17, 15) is 0 Å². The molecule has 0 amide bonds. The Labute approximate surface area is 345 Å². The van der Waals surface area contributed by atoms with Gasteiger partial charge in [0.1, 0.15) is 23.3 Å². The number of rotatable bonds is 16. The summed E-state index contributed by atoms with van der Waals surface area (Å²) in [7, 11) is 0. The molecule has 0 fully saturated rings. The van der Waals surface area contributed by atoms with Gasteiger partial charge in [0.15, 0.2) is 23.2 Å². The number of nitriles is 1. The third-order valence-corrected chi connectivity index (χ3v) is 6.14. The van der Waals surface area contributed by atoms with Gasteiger partial charge in [-0.25, -0.2) is 0 Å². The van der Waals surface area contributed by atoms with Crippen molar-refractivity contribution in [2.24, 2.45) is 5.73 Å². The van der Waals surface area contributed by atoms with Crippen LogP contribution in [-0.4, -0.2) is 82.0 Å². The molecule has 55 heavy (non-hydrogen) atoms. The van der Waals surface area contributed by atoms with E-state index in [1.54, 1.807) is 24.9 Å². The summed E-state index contributed by atoms with van der Waals surface area (Å²) in [5.41, 5.74) is 5.52. The van der Waals surface area contributed by atoms with Gasteiger partial charge in [-0.1, -0.05) is 0 Å². The number of nitrogens with two attached hydrogens (primary N) is 1. The molecule has 0 aliphatic heterocycles. The molecule has 0 aliphatic carbocycles. The van der Waals surface area contributed by atoms with Crippen molar-refractivity contribution in [3.8, 4) is 24.1 Å². The summed E-state index contributed by atoms with van der Waals surface area (Å²) in [6.07, 6.45) is 4.79. The molecule has 6 aromatic rings. The molecule has 0 saturated heterocycles. The smallest absolute Gasteiger partial charge is 1.00 e. The molecule has 23 heteroatoms. The fourth-order valence-electron chi connectivity index (χ4n) is 3.78. The standard InChI is InChI=1S/C11H15N5O2.C11H11N5O2.C10H11ClN4O2.Al.Li.4H/c2*1-2-17-11-15-9(6-12)14-10(16-11)13-7-8-4-3-5-18-8;1-2-16-10-14-8(11)13-9(15-10)12-6-7-4-3-5-17-7;;;;;;/h3-5H,2,6-7,12H2,1H3,(H,13,14,15,16);3-5H,2,7H2,1H3,(H,13,14,15,16);3-5H,2,6H2,1H3,(H,12,13,14,15);;;;;;/q;;;;+1;;;;-1. The van der Waals surface area contributed by atoms with Crippen LogP contribution in [0.3, 0.4) is 0 Å². The van der Waals surface area contributed by atoms with Gasteiger partial charge < -0.3 is 50.6 Å². The zero-order valence-electron chi connectivity index (χ0n) is 31.0. The quantitative estimate of drug-likeness (QED) is 0.0963. The van der Waals surface area contributed by atoms with Crippen LogP contribution < -0.4 is 54.8 Å². The second-order valence-electron chi connectivity index (χ2n) is 9.75. The van der Waals surface area contributed by atoms with Crippen molar-refractivity contribution in [2.75, 3.05) is 35.8 Å². The van der Waals surface area contributed by atoms with Crippen molar-refractivity contribution in [2.45, 2.75) is 47.0 Å². The van der Waals surface area contributed by atoms with Crippen LogP contribution in [0.4, 0.5) is 17.8 Å². The molecule has 20 nitrogen and oxygen atoms in total. The Balaban J connectivity index is 0.000000409. The van der Waals surface area contributed by atoms with Gasteiger partial charge in [-0.15, -0.1) is 0 Å². The predicted molar refractivity (Wildman–Crippen MR) is 200 cm³/mol. The molecule has 0 aromatic carbocycles. The molecule has 0 radical (unpaired) electrons. The molecular formula is C32H41AlClLiN14O6. The van der Waals surface area contributed by atoms with Crippen molar-refractivity contribution >= 4 is 46.8 Å². The van der Waals surface area contributed by atoms with Crippen LogP contribution in [-0.2, 0) is 26.2 Å². The van der Waals surface area contributed by atoms with Crippen LogP contribution in [0.5, 0.6) is 18.0 Å². The van der Waals surface area contributed by atoms with Crippen LogP contribution in [0.1, 0.15) is 51.1 Å². The maximum atomic E-state index is 8.80. The maximum absolute atomic E-state index is 8.80. The van der Waals surface area contributed by atoms with Crippen LogP contribution >= 0.6 is 11.6 Å². The van der Waals surface area contributed by atoms with E-state index < -0.39 is 0 Å². The minimum absolute atomic E-state index is 0. The summed E-state index contributed by atoms with van der Waals surface area (Å²) in [6.45, 7) is 8.52. The summed E-state index contributed by atoms with van der Waals surface area (Å²) in [5.74, 6) is 3.86. The first-order valence-electron chi connectivity index (χ1n) is 16.1. The summed E-state index contributed by atoms with van der Waals surface area (Å²) < 4.78 is 31.1. The number of halogens is 1. The molecule has 0 unspecified atom stereocenters. The first kappa shape index (κ1) is 45.7. The van der Waals surface area contributed by atoms with Gasteiger partial charge in [0, 0.05) is 0 Å². The summed E-state index contributed by atoms with van der Waals surface area (Å²) in [5, 5.41) is 17.8. The number of hydrogen-bond donors (Lipinski definition) is 4. The molecule has 5 N–H and O–H groups in total. The Morgan fingerprint density at radius 1 is 0.655 bits per heavy atom. The number of ether oxygens (including phenoxy) is 3. The van der Waals surface area contributed by atoms with Gasteiger partial charge in [-0.2, -0.15) is 50.1 Å². The zero-order chi connectivity index (χ0) is 37.7. The minimum atomic E-state index is 0. The van der Waals surface area contributed by atoms with Crippen LogP contribution in [0, 0.1) is 11.3 Å². The number of anilines is 3. The van der Waals surface area contributed by atoms with Gasteiger partial charge in [0.05, 0.1) is 64.8 Å². The Hall–Kier alpha value is -5.46. The molecule has 6 aromatic heterocycles.